The molecule has 0 aliphatic heterocycles. The minimum Gasteiger partial charge on any atom is -0.478 e. The van der Waals surface area contributed by atoms with E-state index in [1.807, 2.05) is 12.1 Å². The van der Waals surface area contributed by atoms with Crippen LogP contribution >= 0.6 is 0 Å². The molecule has 2 nitrogen and oxygen atoms in total. The van der Waals surface area contributed by atoms with Crippen molar-refractivity contribution in [3.63, 3.8) is 0 Å². The molecule has 0 saturated heterocycles. The molecular formula is C15H18O2. The minimum atomic E-state index is -0.800. The fourth-order valence-electron chi connectivity index (χ4n) is 3.68. The average molecular weight is 230 g/mol. The van der Waals surface area contributed by atoms with Crippen LogP contribution in [0, 0.1) is 0 Å². The first kappa shape index (κ1) is 10.8. The van der Waals surface area contributed by atoms with Gasteiger partial charge in [-0.15, -0.1) is 0 Å². The van der Waals surface area contributed by atoms with Crippen LogP contribution in [0.4, 0.5) is 0 Å². The number of carboxylic acid groups (broad SMARTS) is 1. The monoisotopic (exact) mass is 230 g/mol. The molecule has 90 valence electrons. The largest absolute Gasteiger partial charge is 0.478 e. The number of carbonyl (C=O) groups is 1. The first-order chi connectivity index (χ1) is 8.21. The second-order valence-corrected chi connectivity index (χ2v) is 5.52. The molecule has 1 fully saturated rings. The molecule has 3 rings (SSSR count). The summed E-state index contributed by atoms with van der Waals surface area (Å²) in [4.78, 5) is 11.1. The number of aromatic carboxylic acids is 1. The zero-order valence-electron chi connectivity index (χ0n) is 10.0. The van der Waals surface area contributed by atoms with E-state index in [1.165, 1.54) is 49.7 Å². The van der Waals surface area contributed by atoms with Gasteiger partial charge in [-0.1, -0.05) is 25.3 Å². The summed E-state index contributed by atoms with van der Waals surface area (Å²) in [5, 5.41) is 9.10. The third-order valence-corrected chi connectivity index (χ3v) is 4.61. The van der Waals surface area contributed by atoms with Gasteiger partial charge in [-0.25, -0.2) is 4.79 Å². The van der Waals surface area contributed by atoms with Gasteiger partial charge in [0.05, 0.1) is 5.56 Å². The quantitative estimate of drug-likeness (QED) is 0.801. The first-order valence-corrected chi connectivity index (χ1v) is 6.58. The normalized spacial score (nSPS) is 21.4. The highest BCUT2D eigenvalue weighted by atomic mass is 16.4. The lowest BCUT2D eigenvalue weighted by atomic mass is 9.70. The summed E-state index contributed by atoms with van der Waals surface area (Å²) in [6.07, 6.45) is 8.82. The molecule has 1 saturated carbocycles. The van der Waals surface area contributed by atoms with Crippen LogP contribution in [-0.2, 0) is 11.8 Å². The van der Waals surface area contributed by atoms with Crippen molar-refractivity contribution in [3.8, 4) is 0 Å². The molecule has 0 radical (unpaired) electrons. The standard InChI is InChI=1S/C15H18O2/c16-14(17)12-5-4-11-6-9-15(13(11)10-12)7-2-1-3-8-15/h4-5,10H,1-3,6-9H2,(H,16,17). The highest BCUT2D eigenvalue weighted by Crippen LogP contribution is 2.48. The van der Waals surface area contributed by atoms with E-state index in [-0.39, 0.29) is 0 Å². The molecule has 1 aromatic carbocycles. The molecule has 0 amide bonds. The molecule has 1 aromatic rings. The number of carboxylic acids is 1. The van der Waals surface area contributed by atoms with Gasteiger partial charge in [0, 0.05) is 0 Å². The van der Waals surface area contributed by atoms with Crippen LogP contribution in [0.2, 0.25) is 0 Å². The fourth-order valence-corrected chi connectivity index (χ4v) is 3.68. The van der Waals surface area contributed by atoms with Gasteiger partial charge in [0.2, 0.25) is 0 Å². The lowest BCUT2D eigenvalue weighted by Gasteiger charge is -2.34. The summed E-state index contributed by atoms with van der Waals surface area (Å²) in [6, 6.07) is 5.72. The molecule has 2 aliphatic carbocycles. The van der Waals surface area contributed by atoms with Crippen LogP contribution in [0.1, 0.15) is 60.0 Å². The van der Waals surface area contributed by atoms with Crippen LogP contribution in [-0.4, -0.2) is 11.1 Å². The molecule has 2 heteroatoms. The number of aryl methyl sites for hydroxylation is 1. The van der Waals surface area contributed by atoms with Gasteiger partial charge in [-0.3, -0.25) is 0 Å². The summed E-state index contributed by atoms with van der Waals surface area (Å²) in [7, 11) is 0. The van der Waals surface area contributed by atoms with E-state index in [9.17, 15) is 4.79 Å². The highest BCUT2D eigenvalue weighted by molar-refractivity contribution is 5.88. The molecule has 1 spiro atoms. The predicted octanol–water partition coefficient (Wildman–Crippen LogP) is 3.53. The Morgan fingerprint density at radius 2 is 1.88 bits per heavy atom. The van der Waals surface area contributed by atoms with Crippen molar-refractivity contribution in [3.05, 3.63) is 34.9 Å². The van der Waals surface area contributed by atoms with Gasteiger partial charge in [0.1, 0.15) is 0 Å². The van der Waals surface area contributed by atoms with E-state index in [0.717, 1.165) is 6.42 Å². The van der Waals surface area contributed by atoms with Gasteiger partial charge in [-0.05, 0) is 54.4 Å². The summed E-state index contributed by atoms with van der Waals surface area (Å²) in [5.74, 6) is -0.800. The van der Waals surface area contributed by atoms with Gasteiger partial charge in [0.25, 0.3) is 0 Å². The predicted molar refractivity (Wildman–Crippen MR) is 66.5 cm³/mol. The number of hydrogen-bond donors (Lipinski definition) is 1. The maximum atomic E-state index is 11.1. The third-order valence-electron chi connectivity index (χ3n) is 4.61. The number of hydrogen-bond acceptors (Lipinski definition) is 1. The fraction of sp³-hybridized carbons (Fsp3) is 0.533. The maximum Gasteiger partial charge on any atom is 0.335 e. The maximum absolute atomic E-state index is 11.1. The van der Waals surface area contributed by atoms with Crippen molar-refractivity contribution in [1.29, 1.82) is 0 Å². The zero-order chi connectivity index (χ0) is 11.9. The molecular weight excluding hydrogens is 212 g/mol. The summed E-state index contributed by atoms with van der Waals surface area (Å²) < 4.78 is 0. The van der Waals surface area contributed by atoms with Crippen LogP contribution < -0.4 is 0 Å². The molecule has 17 heavy (non-hydrogen) atoms. The van der Waals surface area contributed by atoms with E-state index in [1.54, 1.807) is 6.07 Å². The van der Waals surface area contributed by atoms with E-state index in [0.29, 0.717) is 11.0 Å². The highest BCUT2D eigenvalue weighted by Gasteiger charge is 2.39. The molecule has 0 bridgehead atoms. The van der Waals surface area contributed by atoms with Crippen molar-refractivity contribution in [1.82, 2.24) is 0 Å². The zero-order valence-corrected chi connectivity index (χ0v) is 10.0. The number of fused-ring (bicyclic) bond motifs is 2. The minimum absolute atomic E-state index is 0.318. The molecule has 0 aromatic heterocycles. The van der Waals surface area contributed by atoms with E-state index in [2.05, 4.69) is 0 Å². The molecule has 2 aliphatic rings. The Balaban J connectivity index is 2.04. The number of rotatable bonds is 1. The smallest absolute Gasteiger partial charge is 0.335 e. The van der Waals surface area contributed by atoms with Crippen molar-refractivity contribution >= 4 is 5.97 Å². The van der Waals surface area contributed by atoms with E-state index in [4.69, 9.17) is 5.11 Å². The number of benzene rings is 1. The molecule has 0 atom stereocenters. The van der Waals surface area contributed by atoms with Gasteiger partial charge >= 0.3 is 5.97 Å². The second-order valence-electron chi connectivity index (χ2n) is 5.52. The third kappa shape index (κ3) is 1.67. The van der Waals surface area contributed by atoms with Crippen LogP contribution in [0.5, 0.6) is 0 Å². The van der Waals surface area contributed by atoms with E-state index < -0.39 is 5.97 Å². The van der Waals surface area contributed by atoms with Crippen LogP contribution in [0.3, 0.4) is 0 Å². The van der Waals surface area contributed by atoms with Crippen LogP contribution in [0.25, 0.3) is 0 Å². The Kier molecular flexibility index (Phi) is 2.46. The second kappa shape index (κ2) is 3.86. The lowest BCUT2D eigenvalue weighted by Crippen LogP contribution is -2.26. The SMILES string of the molecule is O=C(O)c1ccc2c(c1)C1(CCCCC1)CC2. The van der Waals surface area contributed by atoms with Crippen molar-refractivity contribution in [2.45, 2.75) is 50.4 Å². The van der Waals surface area contributed by atoms with Crippen molar-refractivity contribution in [2.75, 3.05) is 0 Å². The van der Waals surface area contributed by atoms with E-state index >= 15 is 0 Å². The summed E-state index contributed by atoms with van der Waals surface area (Å²) in [5.41, 5.74) is 3.50. The Labute approximate surface area is 102 Å². The Bertz CT molecular complexity index is 450. The van der Waals surface area contributed by atoms with Crippen molar-refractivity contribution in [2.24, 2.45) is 0 Å². The summed E-state index contributed by atoms with van der Waals surface area (Å²) >= 11 is 0. The van der Waals surface area contributed by atoms with Gasteiger partial charge in [0.15, 0.2) is 0 Å². The first-order valence-electron chi connectivity index (χ1n) is 6.58. The van der Waals surface area contributed by atoms with Gasteiger partial charge in [-0.2, -0.15) is 0 Å². The Hall–Kier alpha value is -1.31. The van der Waals surface area contributed by atoms with Crippen LogP contribution in [0.15, 0.2) is 18.2 Å². The van der Waals surface area contributed by atoms with Crippen molar-refractivity contribution < 1.29 is 9.90 Å². The molecule has 0 unspecified atom stereocenters. The Morgan fingerprint density at radius 3 is 2.59 bits per heavy atom. The average Bonchev–Trinajstić information content (AvgIpc) is 2.69. The summed E-state index contributed by atoms with van der Waals surface area (Å²) in [6.45, 7) is 0. The lowest BCUT2D eigenvalue weighted by molar-refractivity contribution is 0.0696. The Morgan fingerprint density at radius 1 is 1.12 bits per heavy atom. The van der Waals surface area contributed by atoms with Gasteiger partial charge < -0.3 is 5.11 Å². The molecule has 0 heterocycles. The molecule has 1 N–H and O–H groups in total. The topological polar surface area (TPSA) is 37.3 Å².